The smallest absolute Gasteiger partial charge is 0.405 e. The summed E-state index contributed by atoms with van der Waals surface area (Å²) < 4.78 is 38.8. The van der Waals surface area contributed by atoms with Crippen LogP contribution in [-0.2, 0) is 0 Å². The Kier molecular flexibility index (Phi) is 2.26. The molecule has 0 saturated heterocycles. The highest BCUT2D eigenvalue weighted by Gasteiger charge is 2.31. The molecular weight excluding hydrogens is 169 g/mol. The Morgan fingerprint density at radius 1 is 1.42 bits per heavy atom. The van der Waals surface area contributed by atoms with Crippen LogP contribution in [0.15, 0.2) is 18.2 Å². The fourth-order valence-electron chi connectivity index (χ4n) is 0.728. The highest BCUT2D eigenvalue weighted by Crippen LogP contribution is 2.24. The first-order chi connectivity index (χ1) is 5.49. The van der Waals surface area contributed by atoms with Crippen LogP contribution in [0.5, 0.6) is 5.75 Å². The maximum Gasteiger partial charge on any atom is 0.573 e. The van der Waals surface area contributed by atoms with Crippen molar-refractivity contribution in [2.24, 2.45) is 0 Å². The van der Waals surface area contributed by atoms with Gasteiger partial charge in [0.15, 0.2) is 0 Å². The molecule has 65 valence electrons. The van der Waals surface area contributed by atoms with Gasteiger partial charge in [0.1, 0.15) is 5.75 Å². The zero-order valence-corrected chi connectivity index (χ0v) is 6.27. The molecule has 0 heterocycles. The van der Waals surface area contributed by atoms with E-state index in [9.17, 15) is 13.2 Å². The molecule has 4 heteroatoms. The molecule has 0 amide bonds. The van der Waals surface area contributed by atoms with E-state index in [4.69, 9.17) is 0 Å². The summed E-state index contributed by atoms with van der Waals surface area (Å²) in [5.41, 5.74) is 0.436. The van der Waals surface area contributed by atoms with Crippen LogP contribution in [0.4, 0.5) is 13.2 Å². The Balaban J connectivity index is 2.83. The molecule has 12 heavy (non-hydrogen) atoms. The van der Waals surface area contributed by atoms with Crippen molar-refractivity contribution in [1.82, 2.24) is 0 Å². The molecule has 1 nitrogen and oxygen atoms in total. The highest BCUT2D eigenvalue weighted by molar-refractivity contribution is 5.31. The minimum Gasteiger partial charge on any atom is -0.405 e. The minimum atomic E-state index is -4.63. The molecule has 0 aliphatic carbocycles. The van der Waals surface area contributed by atoms with Gasteiger partial charge >= 0.3 is 6.36 Å². The van der Waals surface area contributed by atoms with Gasteiger partial charge in [0.05, 0.1) is 0 Å². The van der Waals surface area contributed by atoms with E-state index < -0.39 is 6.36 Å². The van der Waals surface area contributed by atoms with E-state index in [0.29, 0.717) is 5.56 Å². The van der Waals surface area contributed by atoms with E-state index in [-0.39, 0.29) is 5.75 Å². The third-order valence-electron chi connectivity index (χ3n) is 1.26. The normalized spacial score (nSPS) is 11.3. The van der Waals surface area contributed by atoms with Crippen molar-refractivity contribution in [2.45, 2.75) is 13.3 Å². The molecule has 0 bridgehead atoms. The number of rotatable bonds is 1. The quantitative estimate of drug-likeness (QED) is 0.637. The predicted octanol–water partition coefficient (Wildman–Crippen LogP) is 2.69. The molecule has 1 rings (SSSR count). The Labute approximate surface area is 67.8 Å². The van der Waals surface area contributed by atoms with Gasteiger partial charge in [-0.25, -0.2) is 0 Å². The molecule has 0 N–H and O–H groups in total. The van der Waals surface area contributed by atoms with Crippen LogP contribution in [0.25, 0.3) is 0 Å². The average molecular weight is 175 g/mol. The lowest BCUT2D eigenvalue weighted by Crippen LogP contribution is -2.17. The molecule has 1 aromatic carbocycles. The van der Waals surface area contributed by atoms with Crippen LogP contribution < -0.4 is 4.74 Å². The first kappa shape index (κ1) is 8.90. The average Bonchev–Trinajstić information content (AvgIpc) is 1.91. The number of benzene rings is 1. The second-order valence-corrected chi connectivity index (χ2v) is 2.24. The number of hydrogen-bond acceptors (Lipinski definition) is 1. The standard InChI is InChI=1S/C8H6F3O/c1-6-4-2-3-5-7(6)12-8(9,10)11/h2,4-5H,1H3. The lowest BCUT2D eigenvalue weighted by Gasteiger charge is -2.09. The van der Waals surface area contributed by atoms with E-state index in [1.165, 1.54) is 19.1 Å². The maximum atomic E-state index is 11.7. The van der Waals surface area contributed by atoms with Gasteiger partial charge in [-0.15, -0.1) is 13.2 Å². The third-order valence-corrected chi connectivity index (χ3v) is 1.26. The van der Waals surface area contributed by atoms with Crippen LogP contribution >= 0.6 is 0 Å². The van der Waals surface area contributed by atoms with Crippen molar-refractivity contribution in [3.63, 3.8) is 0 Å². The van der Waals surface area contributed by atoms with E-state index in [1.807, 2.05) is 0 Å². The van der Waals surface area contributed by atoms with Crippen molar-refractivity contribution in [1.29, 1.82) is 0 Å². The van der Waals surface area contributed by atoms with Crippen molar-refractivity contribution in [3.05, 3.63) is 29.8 Å². The number of alkyl halides is 3. The zero-order chi connectivity index (χ0) is 9.19. The Hall–Kier alpha value is -1.19. The summed E-state index contributed by atoms with van der Waals surface area (Å²) in [6.45, 7) is 1.54. The van der Waals surface area contributed by atoms with E-state index in [0.717, 1.165) is 6.07 Å². The summed E-state index contributed by atoms with van der Waals surface area (Å²) in [7, 11) is 0. The van der Waals surface area contributed by atoms with Crippen molar-refractivity contribution < 1.29 is 17.9 Å². The largest absolute Gasteiger partial charge is 0.573 e. The highest BCUT2D eigenvalue weighted by atomic mass is 19.4. The van der Waals surface area contributed by atoms with Gasteiger partial charge in [-0.2, -0.15) is 0 Å². The summed E-state index contributed by atoms with van der Waals surface area (Å²) >= 11 is 0. The van der Waals surface area contributed by atoms with Gasteiger partial charge in [0.2, 0.25) is 0 Å². The van der Waals surface area contributed by atoms with Crippen molar-refractivity contribution >= 4 is 0 Å². The summed E-state index contributed by atoms with van der Waals surface area (Å²) in [6.07, 6.45) is -4.63. The van der Waals surface area contributed by atoms with Crippen LogP contribution in [0, 0.1) is 13.0 Å². The Morgan fingerprint density at radius 3 is 2.58 bits per heavy atom. The van der Waals surface area contributed by atoms with Gasteiger partial charge in [0, 0.05) is 0 Å². The number of halogens is 3. The summed E-state index contributed by atoms with van der Waals surface area (Å²) in [6, 6.07) is 6.68. The van der Waals surface area contributed by atoms with E-state index >= 15 is 0 Å². The second kappa shape index (κ2) is 3.05. The molecule has 0 aliphatic heterocycles. The molecule has 0 aromatic heterocycles. The lowest BCUT2D eigenvalue weighted by molar-refractivity contribution is -0.274. The maximum absolute atomic E-state index is 11.7. The van der Waals surface area contributed by atoms with E-state index in [2.05, 4.69) is 10.8 Å². The predicted molar refractivity (Wildman–Crippen MR) is 36.7 cm³/mol. The van der Waals surface area contributed by atoms with Crippen LogP contribution in [0.3, 0.4) is 0 Å². The molecule has 0 fully saturated rings. The summed E-state index contributed by atoms with van der Waals surface area (Å²) in [5, 5.41) is 0. The van der Waals surface area contributed by atoms with E-state index in [1.54, 1.807) is 0 Å². The topological polar surface area (TPSA) is 9.23 Å². The van der Waals surface area contributed by atoms with Gasteiger partial charge in [-0.1, -0.05) is 12.1 Å². The second-order valence-electron chi connectivity index (χ2n) is 2.24. The molecular formula is C8H6F3O. The molecule has 0 saturated carbocycles. The first-order valence-electron chi connectivity index (χ1n) is 3.21. The summed E-state index contributed by atoms with van der Waals surface area (Å²) in [4.78, 5) is 0. The van der Waals surface area contributed by atoms with Crippen molar-refractivity contribution in [3.8, 4) is 5.75 Å². The molecule has 0 aliphatic rings. The molecule has 0 spiro atoms. The fourth-order valence-corrected chi connectivity index (χ4v) is 0.728. The van der Waals surface area contributed by atoms with Gasteiger partial charge in [-0.3, -0.25) is 0 Å². The molecule has 0 atom stereocenters. The van der Waals surface area contributed by atoms with Crippen molar-refractivity contribution in [2.75, 3.05) is 0 Å². The van der Waals surface area contributed by atoms with Crippen LogP contribution in [0.2, 0.25) is 0 Å². The fraction of sp³-hybridized carbons (Fsp3) is 0.250. The van der Waals surface area contributed by atoms with Crippen LogP contribution in [-0.4, -0.2) is 6.36 Å². The van der Waals surface area contributed by atoms with Gasteiger partial charge in [-0.05, 0) is 24.6 Å². The Bertz CT molecular complexity index is 267. The Morgan fingerprint density at radius 2 is 2.08 bits per heavy atom. The third kappa shape index (κ3) is 2.45. The molecule has 0 unspecified atom stereocenters. The number of aryl methyl sites for hydroxylation is 1. The van der Waals surface area contributed by atoms with Crippen LogP contribution in [0.1, 0.15) is 5.56 Å². The molecule has 1 aromatic rings. The van der Waals surface area contributed by atoms with Gasteiger partial charge < -0.3 is 4.74 Å². The zero-order valence-electron chi connectivity index (χ0n) is 6.27. The first-order valence-corrected chi connectivity index (χ1v) is 3.21. The number of hydrogen-bond donors (Lipinski definition) is 0. The number of ether oxygens (including phenoxy) is 1. The molecule has 1 radical (unpaired) electrons. The monoisotopic (exact) mass is 175 g/mol. The minimum absolute atomic E-state index is 0.204. The SMILES string of the molecule is Cc1cc[c]cc1OC(F)(F)F. The van der Waals surface area contributed by atoms with Gasteiger partial charge in [0.25, 0.3) is 0 Å². The lowest BCUT2D eigenvalue weighted by atomic mass is 10.2. The summed E-state index contributed by atoms with van der Waals surface area (Å²) in [5.74, 6) is -0.204.